The molecule has 0 spiro atoms. The van der Waals surface area contributed by atoms with E-state index in [2.05, 4.69) is 138 Å². The molecule has 0 saturated heterocycles. The third-order valence-electron chi connectivity index (χ3n) is 11.1. The summed E-state index contributed by atoms with van der Waals surface area (Å²) in [5, 5.41) is 0. The Morgan fingerprint density at radius 3 is 1.15 bits per heavy atom. The molecule has 0 unspecified atom stereocenters. The van der Waals surface area contributed by atoms with Crippen LogP contribution in [-0.2, 0) is 0 Å². The second kappa shape index (κ2) is 12.7. The van der Waals surface area contributed by atoms with E-state index in [-0.39, 0.29) is 19.2 Å². The molecule has 0 aromatic heterocycles. The van der Waals surface area contributed by atoms with Crippen molar-refractivity contribution in [1.82, 2.24) is 0 Å². The lowest BCUT2D eigenvalue weighted by molar-refractivity contribution is 0.628. The van der Waals surface area contributed by atoms with E-state index in [1.54, 1.807) is 12.1 Å². The number of para-hydroxylation sites is 2. The summed E-state index contributed by atoms with van der Waals surface area (Å²) in [6.07, 6.45) is 0. The van der Waals surface area contributed by atoms with Crippen LogP contribution in [-0.4, -0.2) is 13.4 Å². The molecule has 8 aromatic rings. The topological polar surface area (TPSA) is 55.3 Å². The number of rotatable bonds is 5. The van der Waals surface area contributed by atoms with Crippen LogP contribution in [0.5, 0.6) is 0 Å². The first-order chi connectivity index (χ1) is 26.5. The molecule has 8 aromatic carbocycles. The van der Waals surface area contributed by atoms with Crippen LogP contribution in [0.25, 0.3) is 33.4 Å². The van der Waals surface area contributed by atoms with Crippen molar-refractivity contribution >= 4 is 74.6 Å². The molecule has 254 valence electrons. The number of hydrogen-bond donors (Lipinski definition) is 2. The Balaban J connectivity index is 1.20. The average molecular weight is 693 g/mol. The Bertz CT molecular complexity index is 2510. The Morgan fingerprint density at radius 2 is 0.722 bits per heavy atom. The standard InChI is InChI=1S/C48H34B2FN3/c51-39-23-13-35(14-24-39)36-29-44-48-45(30-36)50(38-21-11-32(12-22-38)34-17-27-41(53)28-18-34)43-6-2-4-8-47(43)54(48)46-7-3-1-5-42(46)49(44)37-19-9-31(10-20-37)33-15-25-40(52)26-16-33/h1-30H,52-53H2. The Hall–Kier alpha value is -6.78. The molecule has 2 aliphatic rings. The first-order valence-electron chi connectivity index (χ1n) is 18.3. The van der Waals surface area contributed by atoms with Crippen molar-refractivity contribution in [3.8, 4) is 33.4 Å². The van der Waals surface area contributed by atoms with Crippen molar-refractivity contribution in [2.45, 2.75) is 0 Å². The molecule has 0 amide bonds. The highest BCUT2D eigenvalue weighted by Gasteiger charge is 2.43. The van der Waals surface area contributed by atoms with E-state index in [0.717, 1.165) is 44.8 Å². The van der Waals surface area contributed by atoms with E-state index in [9.17, 15) is 4.39 Å². The molecule has 4 N–H and O–H groups in total. The van der Waals surface area contributed by atoms with E-state index in [1.807, 2.05) is 36.4 Å². The number of halogens is 1. The van der Waals surface area contributed by atoms with Gasteiger partial charge in [0.25, 0.3) is 0 Å². The summed E-state index contributed by atoms with van der Waals surface area (Å²) in [6.45, 7) is -0.0725. The van der Waals surface area contributed by atoms with Gasteiger partial charge in [0, 0.05) is 28.4 Å². The SMILES string of the molecule is Nc1ccc(-c2ccc(B3c4ccccc4N4c5ccccc5B(c5ccc(-c6ccc(N)cc6)cc5)c5cc(-c6ccc(F)cc6)cc3c54)cc2)cc1. The van der Waals surface area contributed by atoms with Gasteiger partial charge in [-0.3, -0.25) is 0 Å². The first kappa shape index (κ1) is 31.9. The van der Waals surface area contributed by atoms with Crippen LogP contribution in [0.1, 0.15) is 0 Å². The summed E-state index contributed by atoms with van der Waals surface area (Å²) in [5.74, 6) is -0.245. The number of nitrogens with two attached hydrogens (primary N) is 2. The van der Waals surface area contributed by atoms with Crippen LogP contribution in [0.2, 0.25) is 0 Å². The molecule has 6 heteroatoms. The number of nitrogens with zero attached hydrogens (tertiary/aromatic N) is 1. The number of fused-ring (bicyclic) bond motifs is 4. The fourth-order valence-corrected chi connectivity index (χ4v) is 8.57. The second-order valence-corrected chi connectivity index (χ2v) is 14.3. The maximum absolute atomic E-state index is 14.3. The van der Waals surface area contributed by atoms with Crippen molar-refractivity contribution in [1.29, 1.82) is 0 Å². The van der Waals surface area contributed by atoms with Gasteiger partial charge in [0.15, 0.2) is 0 Å². The van der Waals surface area contributed by atoms with Crippen LogP contribution < -0.4 is 49.1 Å². The number of benzene rings is 8. The zero-order valence-corrected chi connectivity index (χ0v) is 29.5. The highest BCUT2D eigenvalue weighted by Crippen LogP contribution is 2.38. The molecule has 3 nitrogen and oxygen atoms in total. The van der Waals surface area contributed by atoms with Crippen LogP contribution in [0, 0.1) is 5.82 Å². The van der Waals surface area contributed by atoms with Crippen molar-refractivity contribution in [2.24, 2.45) is 0 Å². The summed E-state index contributed by atoms with van der Waals surface area (Å²) in [7, 11) is 0. The fourth-order valence-electron chi connectivity index (χ4n) is 8.57. The van der Waals surface area contributed by atoms with Gasteiger partial charge in [0.1, 0.15) is 5.82 Å². The molecule has 0 fully saturated rings. The summed E-state index contributed by atoms with van der Waals surface area (Å²) >= 11 is 0. The zero-order valence-electron chi connectivity index (χ0n) is 29.5. The lowest BCUT2D eigenvalue weighted by Crippen LogP contribution is -2.65. The maximum atomic E-state index is 14.3. The second-order valence-electron chi connectivity index (χ2n) is 14.3. The Morgan fingerprint density at radius 1 is 0.370 bits per heavy atom. The number of anilines is 5. The van der Waals surface area contributed by atoms with Gasteiger partial charge >= 0.3 is 0 Å². The quantitative estimate of drug-likeness (QED) is 0.149. The lowest BCUT2D eigenvalue weighted by Gasteiger charge is -2.44. The van der Waals surface area contributed by atoms with Crippen LogP contribution in [0.15, 0.2) is 182 Å². The molecular formula is C48H34B2FN3. The summed E-state index contributed by atoms with van der Waals surface area (Å²) < 4.78 is 14.3. The summed E-state index contributed by atoms with van der Waals surface area (Å²) in [5.41, 5.74) is 31.0. The highest BCUT2D eigenvalue weighted by atomic mass is 19.1. The minimum Gasteiger partial charge on any atom is -0.399 e. The van der Waals surface area contributed by atoms with Crippen LogP contribution in [0.3, 0.4) is 0 Å². The minimum atomic E-state index is -0.245. The molecule has 0 bridgehead atoms. The van der Waals surface area contributed by atoms with Gasteiger partial charge in [-0.25, -0.2) is 4.39 Å². The molecule has 2 heterocycles. The summed E-state index contributed by atoms with van der Waals surface area (Å²) in [6, 6.07) is 63.2. The highest BCUT2D eigenvalue weighted by molar-refractivity contribution is 7.02. The van der Waals surface area contributed by atoms with E-state index in [4.69, 9.17) is 11.5 Å². The van der Waals surface area contributed by atoms with Crippen molar-refractivity contribution < 1.29 is 4.39 Å². The van der Waals surface area contributed by atoms with E-state index < -0.39 is 0 Å². The van der Waals surface area contributed by atoms with Crippen molar-refractivity contribution in [3.63, 3.8) is 0 Å². The third-order valence-corrected chi connectivity index (χ3v) is 11.1. The molecule has 10 rings (SSSR count). The summed E-state index contributed by atoms with van der Waals surface area (Å²) in [4.78, 5) is 2.47. The van der Waals surface area contributed by atoms with Crippen LogP contribution in [0.4, 0.5) is 32.8 Å². The van der Waals surface area contributed by atoms with Gasteiger partial charge in [-0.1, -0.05) is 144 Å². The maximum Gasteiger partial charge on any atom is 0.246 e. The average Bonchev–Trinajstić information content (AvgIpc) is 3.22. The Labute approximate surface area is 315 Å². The normalized spacial score (nSPS) is 12.6. The largest absolute Gasteiger partial charge is 0.399 e. The first-order valence-corrected chi connectivity index (χ1v) is 18.3. The fraction of sp³-hybridized carbons (Fsp3) is 0. The van der Waals surface area contributed by atoms with Gasteiger partial charge in [0.2, 0.25) is 13.4 Å². The predicted octanol–water partition coefficient (Wildman–Crippen LogP) is 7.12. The molecule has 0 atom stereocenters. The van der Waals surface area contributed by atoms with E-state index >= 15 is 0 Å². The minimum absolute atomic E-state index is 0.0362. The van der Waals surface area contributed by atoms with Gasteiger partial charge in [-0.2, -0.15) is 0 Å². The lowest BCUT2D eigenvalue weighted by atomic mass is 9.30. The number of hydrogen-bond acceptors (Lipinski definition) is 3. The van der Waals surface area contributed by atoms with Crippen molar-refractivity contribution in [3.05, 3.63) is 188 Å². The molecule has 0 saturated carbocycles. The van der Waals surface area contributed by atoms with Gasteiger partial charge in [-0.05, 0) is 104 Å². The predicted molar refractivity (Wildman–Crippen MR) is 228 cm³/mol. The van der Waals surface area contributed by atoms with Crippen molar-refractivity contribution in [2.75, 3.05) is 16.4 Å². The smallest absolute Gasteiger partial charge is 0.246 e. The number of nitrogen functional groups attached to an aromatic ring is 2. The molecule has 0 radical (unpaired) electrons. The van der Waals surface area contributed by atoms with E-state index in [1.165, 1.54) is 49.8 Å². The molecule has 2 aliphatic heterocycles. The molecule has 0 aliphatic carbocycles. The van der Waals surface area contributed by atoms with E-state index in [0.29, 0.717) is 0 Å². The third kappa shape index (κ3) is 5.30. The van der Waals surface area contributed by atoms with Gasteiger partial charge in [-0.15, -0.1) is 0 Å². The monoisotopic (exact) mass is 693 g/mol. The Kier molecular flexibility index (Phi) is 7.51. The van der Waals surface area contributed by atoms with Gasteiger partial charge < -0.3 is 16.4 Å². The van der Waals surface area contributed by atoms with Gasteiger partial charge in [0.05, 0.1) is 0 Å². The molecular weight excluding hydrogens is 659 g/mol. The zero-order chi connectivity index (χ0) is 36.3. The van der Waals surface area contributed by atoms with Crippen LogP contribution >= 0.6 is 0 Å². The molecule has 54 heavy (non-hydrogen) atoms.